The monoisotopic (exact) mass is 252 g/mol. The fourth-order valence-electron chi connectivity index (χ4n) is 2.73. The lowest BCUT2D eigenvalue weighted by molar-refractivity contribution is 0.289. The van der Waals surface area contributed by atoms with E-state index in [9.17, 15) is 0 Å². The van der Waals surface area contributed by atoms with Crippen LogP contribution in [0.3, 0.4) is 0 Å². The summed E-state index contributed by atoms with van der Waals surface area (Å²) >= 11 is 0. The molecule has 2 nitrogen and oxygen atoms in total. The maximum atomic E-state index is 4.20. The number of likely N-dealkylation sites (tertiary alicyclic amines) is 1. The van der Waals surface area contributed by atoms with Gasteiger partial charge in [-0.15, -0.1) is 0 Å². The minimum absolute atomic E-state index is 0.552. The Hall–Kier alpha value is -0.340. The molecule has 1 aliphatic rings. The van der Waals surface area contributed by atoms with E-state index in [1.807, 2.05) is 0 Å². The van der Waals surface area contributed by atoms with Gasteiger partial charge in [0.2, 0.25) is 0 Å². The molecule has 18 heavy (non-hydrogen) atoms. The van der Waals surface area contributed by atoms with Crippen molar-refractivity contribution < 1.29 is 0 Å². The Morgan fingerprint density at radius 1 is 1.22 bits per heavy atom. The largest absolute Gasteiger partial charge is 0.311 e. The van der Waals surface area contributed by atoms with Crippen molar-refractivity contribution in [1.82, 2.24) is 10.2 Å². The quantitative estimate of drug-likeness (QED) is 0.730. The molecule has 2 heteroatoms. The van der Waals surface area contributed by atoms with Gasteiger partial charge in [-0.25, -0.2) is 0 Å². The summed E-state index contributed by atoms with van der Waals surface area (Å²) in [5.41, 5.74) is 1.33. The van der Waals surface area contributed by atoms with E-state index in [1.54, 1.807) is 0 Å². The highest BCUT2D eigenvalue weighted by Gasteiger charge is 2.19. The third-order valence-electron chi connectivity index (χ3n) is 4.02. The second kappa shape index (κ2) is 7.96. The summed E-state index contributed by atoms with van der Waals surface area (Å²) in [7, 11) is 0. The van der Waals surface area contributed by atoms with E-state index in [4.69, 9.17) is 0 Å². The molecule has 1 N–H and O–H groups in total. The van der Waals surface area contributed by atoms with Crippen LogP contribution in [0.1, 0.15) is 47.0 Å². The lowest BCUT2D eigenvalue weighted by Crippen LogP contribution is -2.32. The van der Waals surface area contributed by atoms with Crippen LogP contribution >= 0.6 is 0 Å². The van der Waals surface area contributed by atoms with Crippen LogP contribution in [0.15, 0.2) is 12.2 Å². The third kappa shape index (κ3) is 6.01. The summed E-state index contributed by atoms with van der Waals surface area (Å²) in [4.78, 5) is 2.59. The van der Waals surface area contributed by atoms with E-state index in [2.05, 4.69) is 44.5 Å². The highest BCUT2D eigenvalue weighted by molar-refractivity contribution is 5.00. The molecule has 1 unspecified atom stereocenters. The van der Waals surface area contributed by atoms with E-state index in [0.717, 1.165) is 24.9 Å². The Morgan fingerprint density at radius 2 is 1.94 bits per heavy atom. The molecule has 0 spiro atoms. The average molecular weight is 252 g/mol. The van der Waals surface area contributed by atoms with Gasteiger partial charge in [-0.05, 0) is 49.8 Å². The van der Waals surface area contributed by atoms with Gasteiger partial charge < -0.3 is 5.32 Å². The standard InChI is InChI=1S/C16H32N2/c1-13(2)16-7-6-9-18(10-8-16)12-15(5)11-17-14(3)4/h13-14,16-17H,5-12H2,1-4H3. The molecule has 0 bridgehead atoms. The molecule has 0 aromatic heterocycles. The van der Waals surface area contributed by atoms with Gasteiger partial charge in [0.25, 0.3) is 0 Å². The molecule has 1 saturated heterocycles. The Kier molecular flexibility index (Phi) is 6.95. The van der Waals surface area contributed by atoms with Crippen molar-refractivity contribution in [2.75, 3.05) is 26.2 Å². The molecule has 1 aliphatic heterocycles. The normalized spacial score (nSPS) is 22.4. The van der Waals surface area contributed by atoms with Gasteiger partial charge in [0, 0.05) is 19.1 Å². The molecule has 0 aromatic rings. The molecular formula is C16H32N2. The molecular weight excluding hydrogens is 220 g/mol. The van der Waals surface area contributed by atoms with Gasteiger partial charge in [0.15, 0.2) is 0 Å². The van der Waals surface area contributed by atoms with Crippen LogP contribution in [0.4, 0.5) is 0 Å². The number of nitrogens with one attached hydrogen (secondary N) is 1. The second-order valence-corrected chi connectivity index (χ2v) is 6.50. The van der Waals surface area contributed by atoms with Crippen molar-refractivity contribution >= 4 is 0 Å². The molecule has 1 heterocycles. The van der Waals surface area contributed by atoms with E-state index < -0.39 is 0 Å². The molecule has 0 radical (unpaired) electrons. The van der Waals surface area contributed by atoms with Gasteiger partial charge >= 0.3 is 0 Å². The smallest absolute Gasteiger partial charge is 0.0202 e. The van der Waals surface area contributed by atoms with Crippen molar-refractivity contribution in [3.05, 3.63) is 12.2 Å². The molecule has 0 aliphatic carbocycles. The van der Waals surface area contributed by atoms with Crippen LogP contribution in [-0.4, -0.2) is 37.1 Å². The second-order valence-electron chi connectivity index (χ2n) is 6.50. The average Bonchev–Trinajstić information content (AvgIpc) is 2.52. The number of hydrogen-bond acceptors (Lipinski definition) is 2. The highest BCUT2D eigenvalue weighted by Crippen LogP contribution is 2.24. The van der Waals surface area contributed by atoms with Gasteiger partial charge in [0.1, 0.15) is 0 Å². The Bertz CT molecular complexity index is 245. The zero-order valence-corrected chi connectivity index (χ0v) is 12.8. The Balaban J connectivity index is 2.28. The van der Waals surface area contributed by atoms with Crippen LogP contribution in [0.25, 0.3) is 0 Å². The lowest BCUT2D eigenvalue weighted by atomic mass is 9.89. The van der Waals surface area contributed by atoms with E-state index in [1.165, 1.54) is 37.9 Å². The minimum Gasteiger partial charge on any atom is -0.311 e. The van der Waals surface area contributed by atoms with Crippen molar-refractivity contribution in [1.29, 1.82) is 0 Å². The van der Waals surface area contributed by atoms with Crippen molar-refractivity contribution in [2.45, 2.75) is 53.0 Å². The van der Waals surface area contributed by atoms with Crippen LogP contribution in [-0.2, 0) is 0 Å². The summed E-state index contributed by atoms with van der Waals surface area (Å²) in [5, 5.41) is 3.45. The first-order chi connectivity index (χ1) is 8.49. The SMILES string of the molecule is C=C(CNC(C)C)CN1CCCC(C(C)C)CC1. The summed E-state index contributed by atoms with van der Waals surface area (Å²) in [6, 6.07) is 0.552. The first-order valence-electron chi connectivity index (χ1n) is 7.61. The zero-order chi connectivity index (χ0) is 13.5. The molecule has 106 valence electrons. The fourth-order valence-corrected chi connectivity index (χ4v) is 2.73. The molecule has 0 amide bonds. The maximum Gasteiger partial charge on any atom is 0.0202 e. The Labute approximate surface area is 114 Å². The molecule has 1 fully saturated rings. The predicted octanol–water partition coefficient (Wildman–Crippen LogP) is 3.30. The minimum atomic E-state index is 0.552. The maximum absolute atomic E-state index is 4.20. The number of nitrogens with zero attached hydrogens (tertiary/aromatic N) is 1. The number of hydrogen-bond donors (Lipinski definition) is 1. The third-order valence-corrected chi connectivity index (χ3v) is 4.02. The van der Waals surface area contributed by atoms with Crippen LogP contribution in [0.2, 0.25) is 0 Å². The molecule has 1 rings (SSSR count). The van der Waals surface area contributed by atoms with Crippen LogP contribution in [0, 0.1) is 11.8 Å². The first kappa shape index (κ1) is 15.7. The van der Waals surface area contributed by atoms with E-state index in [-0.39, 0.29) is 0 Å². The Morgan fingerprint density at radius 3 is 2.56 bits per heavy atom. The van der Waals surface area contributed by atoms with E-state index >= 15 is 0 Å². The zero-order valence-electron chi connectivity index (χ0n) is 12.8. The summed E-state index contributed by atoms with van der Waals surface area (Å²) in [6.45, 7) is 17.9. The van der Waals surface area contributed by atoms with E-state index in [0.29, 0.717) is 6.04 Å². The van der Waals surface area contributed by atoms with Crippen molar-refractivity contribution in [3.8, 4) is 0 Å². The van der Waals surface area contributed by atoms with Gasteiger partial charge in [-0.3, -0.25) is 4.90 Å². The fraction of sp³-hybridized carbons (Fsp3) is 0.875. The van der Waals surface area contributed by atoms with Crippen LogP contribution < -0.4 is 5.32 Å². The predicted molar refractivity (Wildman–Crippen MR) is 80.9 cm³/mol. The van der Waals surface area contributed by atoms with Gasteiger partial charge in [-0.2, -0.15) is 0 Å². The van der Waals surface area contributed by atoms with Gasteiger partial charge in [0.05, 0.1) is 0 Å². The summed E-state index contributed by atoms with van der Waals surface area (Å²) in [5.74, 6) is 1.77. The molecule has 0 aromatic carbocycles. The van der Waals surface area contributed by atoms with Gasteiger partial charge in [-0.1, -0.05) is 34.3 Å². The highest BCUT2D eigenvalue weighted by atomic mass is 15.1. The topological polar surface area (TPSA) is 15.3 Å². The molecule has 0 saturated carbocycles. The van der Waals surface area contributed by atoms with Crippen molar-refractivity contribution in [2.24, 2.45) is 11.8 Å². The summed E-state index contributed by atoms with van der Waals surface area (Å²) in [6.07, 6.45) is 4.13. The lowest BCUT2D eigenvalue weighted by Gasteiger charge is -2.22. The molecule has 1 atom stereocenters. The summed E-state index contributed by atoms with van der Waals surface area (Å²) < 4.78 is 0. The van der Waals surface area contributed by atoms with Crippen molar-refractivity contribution in [3.63, 3.8) is 0 Å². The first-order valence-corrected chi connectivity index (χ1v) is 7.61. The van der Waals surface area contributed by atoms with Crippen LogP contribution in [0.5, 0.6) is 0 Å². The number of rotatable bonds is 6.